The first-order valence-corrected chi connectivity index (χ1v) is 7.88. The van der Waals surface area contributed by atoms with Gasteiger partial charge in [-0.2, -0.15) is 0 Å². The Hall–Kier alpha value is -2.23. The van der Waals surface area contributed by atoms with Crippen LogP contribution in [0.2, 0.25) is 0 Å². The summed E-state index contributed by atoms with van der Waals surface area (Å²) in [7, 11) is 0. The maximum atomic E-state index is 11.7. The van der Waals surface area contributed by atoms with Crippen molar-refractivity contribution in [2.45, 2.75) is 40.3 Å². The van der Waals surface area contributed by atoms with Gasteiger partial charge in [-0.1, -0.05) is 6.92 Å². The zero-order valence-corrected chi connectivity index (χ0v) is 13.5. The number of amides is 1. The van der Waals surface area contributed by atoms with Gasteiger partial charge in [0.1, 0.15) is 0 Å². The molecule has 22 heavy (non-hydrogen) atoms. The van der Waals surface area contributed by atoms with Gasteiger partial charge in [-0.05, 0) is 49.2 Å². The molecule has 1 N–H and O–H groups in total. The summed E-state index contributed by atoms with van der Waals surface area (Å²) >= 11 is 0. The summed E-state index contributed by atoms with van der Waals surface area (Å²) in [5.41, 5.74) is 5.79. The lowest BCUT2D eigenvalue weighted by atomic mass is 10.1. The van der Waals surface area contributed by atoms with Crippen LogP contribution < -0.4 is 10.2 Å². The molecule has 0 unspecified atom stereocenters. The summed E-state index contributed by atoms with van der Waals surface area (Å²) in [5, 5.41) is 3.01. The number of fused-ring (bicyclic) bond motifs is 1. The van der Waals surface area contributed by atoms with E-state index in [2.05, 4.69) is 59.1 Å². The third-order valence-corrected chi connectivity index (χ3v) is 4.36. The Labute approximate surface area is 131 Å². The molecule has 2 aromatic rings. The topological polar surface area (TPSA) is 37.3 Å². The Morgan fingerprint density at radius 2 is 1.95 bits per heavy atom. The Morgan fingerprint density at radius 3 is 2.64 bits per heavy atom. The smallest absolute Gasteiger partial charge is 0.224 e. The molecule has 1 aromatic heterocycles. The minimum absolute atomic E-state index is 0.0646. The number of hydrogen-bond acceptors (Lipinski definition) is 2. The van der Waals surface area contributed by atoms with Gasteiger partial charge in [-0.25, -0.2) is 0 Å². The number of carbonyl (C=O) groups excluding carboxylic acids is 1. The fourth-order valence-electron chi connectivity index (χ4n) is 3.08. The van der Waals surface area contributed by atoms with Gasteiger partial charge in [-0.15, -0.1) is 0 Å². The van der Waals surface area contributed by atoms with E-state index in [1.807, 2.05) is 6.92 Å². The second-order valence-corrected chi connectivity index (χ2v) is 5.97. The van der Waals surface area contributed by atoms with Gasteiger partial charge < -0.3 is 14.8 Å². The van der Waals surface area contributed by atoms with Crippen molar-refractivity contribution in [1.29, 1.82) is 0 Å². The van der Waals surface area contributed by atoms with Gasteiger partial charge in [0, 0.05) is 42.8 Å². The van der Waals surface area contributed by atoms with Crippen LogP contribution in [-0.2, 0) is 17.9 Å². The third kappa shape index (κ3) is 2.73. The van der Waals surface area contributed by atoms with Crippen LogP contribution in [0, 0.1) is 13.8 Å². The quantitative estimate of drug-likeness (QED) is 0.942. The van der Waals surface area contributed by atoms with Crippen molar-refractivity contribution in [1.82, 2.24) is 4.57 Å². The molecule has 116 valence electrons. The molecule has 2 heterocycles. The van der Waals surface area contributed by atoms with Crippen molar-refractivity contribution in [3.63, 3.8) is 0 Å². The second-order valence-electron chi connectivity index (χ2n) is 5.97. The molecule has 0 bridgehead atoms. The highest BCUT2D eigenvalue weighted by Gasteiger charge is 2.17. The summed E-state index contributed by atoms with van der Waals surface area (Å²) in [6, 6.07) is 8.65. The molecule has 1 aromatic carbocycles. The number of aromatic nitrogens is 1. The van der Waals surface area contributed by atoms with Crippen LogP contribution in [0.3, 0.4) is 0 Å². The molecular weight excluding hydrogens is 274 g/mol. The molecular formula is C18H23N3O. The standard InChI is InChI=1S/C18H23N3O/c1-4-17(22)19-18-13(2)10-16(11-14(18)3)21-9-8-20-7-5-6-15(20)12-21/h5-7,10-11H,4,8-9,12H2,1-3H3,(H,19,22). The van der Waals surface area contributed by atoms with E-state index in [0.29, 0.717) is 6.42 Å². The molecule has 4 heteroatoms. The lowest BCUT2D eigenvalue weighted by Crippen LogP contribution is -2.33. The van der Waals surface area contributed by atoms with Crippen molar-refractivity contribution in [2.24, 2.45) is 0 Å². The van der Waals surface area contributed by atoms with Gasteiger partial charge in [0.15, 0.2) is 0 Å². The molecule has 1 aliphatic heterocycles. The van der Waals surface area contributed by atoms with Crippen molar-refractivity contribution >= 4 is 17.3 Å². The number of hydrogen-bond donors (Lipinski definition) is 1. The minimum Gasteiger partial charge on any atom is -0.364 e. The number of anilines is 2. The second kappa shape index (κ2) is 5.87. The Bertz CT molecular complexity index is 679. The summed E-state index contributed by atoms with van der Waals surface area (Å²) in [6.07, 6.45) is 2.65. The van der Waals surface area contributed by atoms with Crippen LogP contribution in [0.25, 0.3) is 0 Å². The van der Waals surface area contributed by atoms with Gasteiger partial charge >= 0.3 is 0 Å². The molecule has 4 nitrogen and oxygen atoms in total. The first-order valence-electron chi connectivity index (χ1n) is 7.88. The van der Waals surface area contributed by atoms with Crippen LogP contribution in [0.4, 0.5) is 11.4 Å². The largest absolute Gasteiger partial charge is 0.364 e. The fraction of sp³-hybridized carbons (Fsp3) is 0.389. The van der Waals surface area contributed by atoms with E-state index in [9.17, 15) is 4.79 Å². The number of rotatable bonds is 3. The summed E-state index contributed by atoms with van der Waals surface area (Å²) < 4.78 is 2.31. The Balaban J connectivity index is 1.85. The van der Waals surface area contributed by atoms with E-state index >= 15 is 0 Å². The highest BCUT2D eigenvalue weighted by molar-refractivity contribution is 5.92. The molecule has 0 fully saturated rings. The van der Waals surface area contributed by atoms with Gasteiger partial charge in [0.2, 0.25) is 5.91 Å². The van der Waals surface area contributed by atoms with Crippen molar-refractivity contribution in [3.05, 3.63) is 47.3 Å². The van der Waals surface area contributed by atoms with Crippen LogP contribution >= 0.6 is 0 Å². The number of nitrogens with zero attached hydrogens (tertiary/aromatic N) is 2. The molecule has 3 rings (SSSR count). The van der Waals surface area contributed by atoms with Crippen molar-refractivity contribution in [3.8, 4) is 0 Å². The van der Waals surface area contributed by atoms with Crippen LogP contribution in [0.5, 0.6) is 0 Å². The van der Waals surface area contributed by atoms with Crippen LogP contribution in [0.15, 0.2) is 30.5 Å². The Kier molecular flexibility index (Phi) is 3.92. The van der Waals surface area contributed by atoms with E-state index in [0.717, 1.165) is 36.4 Å². The summed E-state index contributed by atoms with van der Waals surface area (Å²) in [5.74, 6) is 0.0646. The maximum absolute atomic E-state index is 11.7. The zero-order valence-electron chi connectivity index (χ0n) is 13.5. The summed E-state index contributed by atoms with van der Waals surface area (Å²) in [4.78, 5) is 14.1. The summed E-state index contributed by atoms with van der Waals surface area (Å²) in [6.45, 7) is 8.97. The van der Waals surface area contributed by atoms with E-state index in [4.69, 9.17) is 0 Å². The van der Waals surface area contributed by atoms with Crippen LogP contribution in [0.1, 0.15) is 30.2 Å². The van der Waals surface area contributed by atoms with Crippen molar-refractivity contribution < 1.29 is 4.79 Å². The molecule has 0 radical (unpaired) electrons. The molecule has 1 aliphatic rings. The Morgan fingerprint density at radius 1 is 1.23 bits per heavy atom. The lowest BCUT2D eigenvalue weighted by molar-refractivity contribution is -0.115. The van der Waals surface area contributed by atoms with Gasteiger partial charge in [0.25, 0.3) is 0 Å². The first kappa shape index (κ1) is 14.7. The van der Waals surface area contributed by atoms with E-state index in [1.165, 1.54) is 11.4 Å². The molecule has 0 spiro atoms. The number of nitrogens with one attached hydrogen (secondary N) is 1. The number of aryl methyl sites for hydroxylation is 2. The fourth-order valence-corrected chi connectivity index (χ4v) is 3.08. The maximum Gasteiger partial charge on any atom is 0.224 e. The normalized spacial score (nSPS) is 13.9. The molecule has 0 atom stereocenters. The van der Waals surface area contributed by atoms with Crippen LogP contribution in [-0.4, -0.2) is 17.0 Å². The molecule has 0 saturated carbocycles. The third-order valence-electron chi connectivity index (χ3n) is 4.36. The SMILES string of the molecule is CCC(=O)Nc1c(C)cc(N2CCn3cccc3C2)cc1C. The monoisotopic (exact) mass is 297 g/mol. The molecule has 0 aliphatic carbocycles. The lowest BCUT2D eigenvalue weighted by Gasteiger charge is -2.31. The van der Waals surface area contributed by atoms with E-state index in [-0.39, 0.29) is 5.91 Å². The predicted molar refractivity (Wildman–Crippen MR) is 90.3 cm³/mol. The average Bonchev–Trinajstić information content (AvgIpc) is 2.97. The molecule has 1 amide bonds. The number of carbonyl (C=O) groups is 1. The van der Waals surface area contributed by atoms with Gasteiger partial charge in [0.05, 0.1) is 6.54 Å². The minimum atomic E-state index is 0.0646. The highest BCUT2D eigenvalue weighted by Crippen LogP contribution is 2.29. The van der Waals surface area contributed by atoms with E-state index in [1.54, 1.807) is 0 Å². The van der Waals surface area contributed by atoms with Crippen molar-refractivity contribution in [2.75, 3.05) is 16.8 Å². The number of benzene rings is 1. The van der Waals surface area contributed by atoms with E-state index < -0.39 is 0 Å². The molecule has 0 saturated heterocycles. The first-order chi connectivity index (χ1) is 10.6. The highest BCUT2D eigenvalue weighted by atomic mass is 16.1. The van der Waals surface area contributed by atoms with Gasteiger partial charge in [-0.3, -0.25) is 4.79 Å². The average molecular weight is 297 g/mol. The predicted octanol–water partition coefficient (Wildman–Crippen LogP) is 3.47. The zero-order chi connectivity index (χ0) is 15.7.